The van der Waals surface area contributed by atoms with E-state index in [1.165, 1.54) is 12.1 Å². The average Bonchev–Trinajstić information content (AvgIpc) is 2.36. The highest BCUT2D eigenvalue weighted by atomic mass is 19.1. The van der Waals surface area contributed by atoms with Crippen LogP contribution in [0.2, 0.25) is 0 Å². The van der Waals surface area contributed by atoms with Crippen LogP contribution in [0.15, 0.2) is 24.3 Å². The first-order valence-corrected chi connectivity index (χ1v) is 6.68. The van der Waals surface area contributed by atoms with Gasteiger partial charge in [-0.1, -0.05) is 26.0 Å². The van der Waals surface area contributed by atoms with E-state index >= 15 is 0 Å². The molecule has 2 atom stereocenters. The maximum atomic E-state index is 12.8. The van der Waals surface area contributed by atoms with Crippen LogP contribution in [0.5, 0.6) is 0 Å². The van der Waals surface area contributed by atoms with Crippen LogP contribution >= 0.6 is 0 Å². The van der Waals surface area contributed by atoms with Gasteiger partial charge in [-0.15, -0.1) is 0 Å². The smallest absolute Gasteiger partial charge is 0.234 e. The summed E-state index contributed by atoms with van der Waals surface area (Å²) in [6.07, 6.45) is 0. The fourth-order valence-corrected chi connectivity index (χ4v) is 1.59. The van der Waals surface area contributed by atoms with Crippen molar-refractivity contribution in [2.24, 2.45) is 5.92 Å². The van der Waals surface area contributed by atoms with Gasteiger partial charge in [-0.3, -0.25) is 4.79 Å². The van der Waals surface area contributed by atoms with Crippen molar-refractivity contribution in [2.45, 2.75) is 39.8 Å². The van der Waals surface area contributed by atoms with Crippen molar-refractivity contribution < 1.29 is 9.18 Å². The van der Waals surface area contributed by atoms with Gasteiger partial charge in [0, 0.05) is 12.1 Å². The second-order valence-electron chi connectivity index (χ2n) is 5.25. The predicted molar refractivity (Wildman–Crippen MR) is 75.3 cm³/mol. The van der Waals surface area contributed by atoms with Gasteiger partial charge in [0.25, 0.3) is 0 Å². The summed E-state index contributed by atoms with van der Waals surface area (Å²) in [5, 5.41) is 6.06. The number of rotatable bonds is 6. The van der Waals surface area contributed by atoms with Crippen LogP contribution in [0.4, 0.5) is 4.39 Å². The van der Waals surface area contributed by atoms with E-state index in [9.17, 15) is 9.18 Å². The van der Waals surface area contributed by atoms with E-state index in [4.69, 9.17) is 0 Å². The summed E-state index contributed by atoms with van der Waals surface area (Å²) in [6, 6.07) is 6.47. The minimum Gasteiger partial charge on any atom is -0.352 e. The normalized spacial score (nSPS) is 14.2. The molecule has 0 fully saturated rings. The molecule has 0 heterocycles. The maximum absolute atomic E-state index is 12.8. The molecule has 1 aromatic rings. The van der Waals surface area contributed by atoms with E-state index in [1.54, 1.807) is 12.1 Å². The molecule has 0 aromatic heterocycles. The number of halogens is 1. The van der Waals surface area contributed by atoms with E-state index in [2.05, 4.69) is 24.5 Å². The van der Waals surface area contributed by atoms with Gasteiger partial charge in [0.1, 0.15) is 5.82 Å². The van der Waals surface area contributed by atoms with Gasteiger partial charge in [-0.2, -0.15) is 0 Å². The summed E-state index contributed by atoms with van der Waals surface area (Å²) in [5.74, 6) is 0.146. The topological polar surface area (TPSA) is 41.1 Å². The van der Waals surface area contributed by atoms with Crippen molar-refractivity contribution in [3.05, 3.63) is 35.6 Å². The molecule has 1 amide bonds. The molecule has 1 aromatic carbocycles. The lowest BCUT2D eigenvalue weighted by Gasteiger charge is -2.19. The van der Waals surface area contributed by atoms with Crippen LogP contribution in [0.1, 0.15) is 39.3 Å². The van der Waals surface area contributed by atoms with Gasteiger partial charge in [-0.05, 0) is 37.5 Å². The zero-order valence-electron chi connectivity index (χ0n) is 12.0. The zero-order chi connectivity index (χ0) is 14.4. The zero-order valence-corrected chi connectivity index (χ0v) is 12.0. The highest BCUT2D eigenvalue weighted by Crippen LogP contribution is 2.12. The largest absolute Gasteiger partial charge is 0.352 e. The van der Waals surface area contributed by atoms with Gasteiger partial charge in [0.05, 0.1) is 6.54 Å². The third-order valence-electron chi connectivity index (χ3n) is 3.33. The van der Waals surface area contributed by atoms with E-state index in [0.717, 1.165) is 5.56 Å². The van der Waals surface area contributed by atoms with Crippen LogP contribution in [-0.4, -0.2) is 18.5 Å². The first kappa shape index (κ1) is 15.6. The number of nitrogens with one attached hydrogen (secondary N) is 2. The van der Waals surface area contributed by atoms with E-state index < -0.39 is 0 Å². The fourth-order valence-electron chi connectivity index (χ4n) is 1.59. The second kappa shape index (κ2) is 7.24. The Kier molecular flexibility index (Phi) is 5.96. The van der Waals surface area contributed by atoms with E-state index in [0.29, 0.717) is 5.92 Å². The Labute approximate surface area is 114 Å². The van der Waals surface area contributed by atoms with E-state index in [1.807, 2.05) is 13.8 Å². The second-order valence-corrected chi connectivity index (χ2v) is 5.25. The third-order valence-corrected chi connectivity index (χ3v) is 3.33. The molecular formula is C15H23FN2O. The third kappa shape index (κ3) is 5.39. The number of hydrogen-bond acceptors (Lipinski definition) is 2. The Morgan fingerprint density at radius 2 is 1.74 bits per heavy atom. The number of carbonyl (C=O) groups is 1. The number of hydrogen-bond donors (Lipinski definition) is 2. The van der Waals surface area contributed by atoms with Crippen molar-refractivity contribution in [2.75, 3.05) is 6.54 Å². The molecular weight excluding hydrogens is 243 g/mol. The molecule has 1 rings (SSSR count). The molecule has 0 spiro atoms. The lowest BCUT2D eigenvalue weighted by atomic mass is 10.1. The van der Waals surface area contributed by atoms with Crippen LogP contribution < -0.4 is 10.6 Å². The molecule has 0 saturated carbocycles. The minimum absolute atomic E-state index is 0.0145. The monoisotopic (exact) mass is 266 g/mol. The molecule has 0 radical (unpaired) electrons. The van der Waals surface area contributed by atoms with Crippen molar-refractivity contribution >= 4 is 5.91 Å². The molecule has 0 saturated heterocycles. The summed E-state index contributed by atoms with van der Waals surface area (Å²) in [5.41, 5.74) is 0.964. The van der Waals surface area contributed by atoms with Crippen molar-refractivity contribution in [1.29, 1.82) is 0 Å². The molecule has 2 N–H and O–H groups in total. The maximum Gasteiger partial charge on any atom is 0.234 e. The molecule has 4 heteroatoms. The number of benzene rings is 1. The lowest BCUT2D eigenvalue weighted by molar-refractivity contribution is -0.121. The Bertz CT molecular complexity index is 403. The summed E-state index contributed by atoms with van der Waals surface area (Å²) in [7, 11) is 0. The molecule has 0 aliphatic carbocycles. The van der Waals surface area contributed by atoms with Gasteiger partial charge in [0.2, 0.25) is 5.91 Å². The number of amides is 1. The first-order chi connectivity index (χ1) is 8.90. The van der Waals surface area contributed by atoms with Gasteiger partial charge in [0.15, 0.2) is 0 Å². The molecule has 19 heavy (non-hydrogen) atoms. The highest BCUT2D eigenvalue weighted by molar-refractivity contribution is 5.78. The van der Waals surface area contributed by atoms with Crippen LogP contribution in [0, 0.1) is 11.7 Å². The number of carbonyl (C=O) groups excluding carboxylic acids is 1. The Balaban J connectivity index is 2.39. The van der Waals surface area contributed by atoms with Crippen molar-refractivity contribution in [1.82, 2.24) is 10.6 Å². The molecule has 0 bridgehead atoms. The predicted octanol–water partition coefficient (Wildman–Crippen LogP) is 2.64. The lowest BCUT2D eigenvalue weighted by Crippen LogP contribution is -2.41. The summed E-state index contributed by atoms with van der Waals surface area (Å²) < 4.78 is 12.8. The minimum atomic E-state index is -0.251. The molecule has 3 nitrogen and oxygen atoms in total. The molecule has 0 aliphatic heterocycles. The van der Waals surface area contributed by atoms with Crippen LogP contribution in [-0.2, 0) is 4.79 Å². The quantitative estimate of drug-likeness (QED) is 0.831. The van der Waals surface area contributed by atoms with Crippen LogP contribution in [0.3, 0.4) is 0 Å². The molecule has 106 valence electrons. The SMILES string of the molecule is CC(NCC(=O)NC(C)C(C)C)c1ccc(F)cc1. The van der Waals surface area contributed by atoms with Gasteiger partial charge >= 0.3 is 0 Å². The van der Waals surface area contributed by atoms with Crippen molar-refractivity contribution in [3.63, 3.8) is 0 Å². The summed E-state index contributed by atoms with van der Waals surface area (Å²) in [6.45, 7) is 8.34. The Hall–Kier alpha value is -1.42. The van der Waals surface area contributed by atoms with E-state index in [-0.39, 0.29) is 30.4 Å². The van der Waals surface area contributed by atoms with Gasteiger partial charge in [-0.25, -0.2) is 4.39 Å². The van der Waals surface area contributed by atoms with Crippen LogP contribution in [0.25, 0.3) is 0 Å². The molecule has 2 unspecified atom stereocenters. The molecule has 0 aliphatic rings. The van der Waals surface area contributed by atoms with Gasteiger partial charge < -0.3 is 10.6 Å². The first-order valence-electron chi connectivity index (χ1n) is 6.68. The average molecular weight is 266 g/mol. The van der Waals surface area contributed by atoms with Crippen molar-refractivity contribution in [3.8, 4) is 0 Å². The Morgan fingerprint density at radius 3 is 2.26 bits per heavy atom. The standard InChI is InChI=1S/C15H23FN2O/c1-10(2)11(3)18-15(19)9-17-12(4)13-5-7-14(16)8-6-13/h5-8,10-12,17H,9H2,1-4H3,(H,18,19). The Morgan fingerprint density at radius 1 is 1.16 bits per heavy atom. The highest BCUT2D eigenvalue weighted by Gasteiger charge is 2.12. The summed E-state index contributed by atoms with van der Waals surface area (Å²) in [4.78, 5) is 11.7. The fraction of sp³-hybridized carbons (Fsp3) is 0.533. The summed E-state index contributed by atoms with van der Waals surface area (Å²) >= 11 is 0.